The van der Waals surface area contributed by atoms with Crippen molar-refractivity contribution in [3.8, 4) is 0 Å². The quantitative estimate of drug-likeness (QED) is 0.930. The molecule has 3 rings (SSSR count). The minimum Gasteiger partial charge on any atom is -0.480 e. The Morgan fingerprint density at radius 2 is 1.83 bits per heavy atom. The molecule has 1 atom stereocenters. The molecule has 1 saturated heterocycles. The van der Waals surface area contributed by atoms with Crippen molar-refractivity contribution in [2.24, 2.45) is 7.05 Å². The van der Waals surface area contributed by atoms with Crippen LogP contribution in [0, 0.1) is 6.92 Å². The van der Waals surface area contributed by atoms with Gasteiger partial charge in [0.05, 0.1) is 12.0 Å². The number of para-hydroxylation sites is 1. The average molecular weight is 314 g/mol. The normalized spacial score (nSPS) is 17.2. The van der Waals surface area contributed by atoms with Crippen LogP contribution in [0.2, 0.25) is 0 Å². The molecule has 6 heteroatoms. The first-order chi connectivity index (χ1) is 11.1. The van der Waals surface area contributed by atoms with E-state index in [1.165, 1.54) is 5.69 Å². The first kappa shape index (κ1) is 15.6. The summed E-state index contributed by atoms with van der Waals surface area (Å²) in [6, 6.07) is 9.57. The van der Waals surface area contributed by atoms with E-state index < -0.39 is 12.0 Å². The summed E-state index contributed by atoms with van der Waals surface area (Å²) in [5.41, 5.74) is 2.74. The van der Waals surface area contributed by atoms with Crippen LogP contribution in [0.4, 0.5) is 5.69 Å². The molecule has 122 valence electrons. The lowest BCUT2D eigenvalue weighted by Crippen LogP contribution is -2.49. The lowest BCUT2D eigenvalue weighted by molar-refractivity contribution is -0.144. The van der Waals surface area contributed by atoms with Crippen LogP contribution >= 0.6 is 0 Å². The molecular formula is C17H22N4O2. The fourth-order valence-electron chi connectivity index (χ4n) is 3.10. The van der Waals surface area contributed by atoms with E-state index in [4.69, 9.17) is 0 Å². The minimum absolute atomic E-state index is 0.646. The molecule has 2 aromatic rings. The first-order valence-electron chi connectivity index (χ1n) is 7.82. The van der Waals surface area contributed by atoms with E-state index >= 15 is 0 Å². The molecular weight excluding hydrogens is 292 g/mol. The molecule has 2 heterocycles. The Hall–Kier alpha value is -2.34. The van der Waals surface area contributed by atoms with Gasteiger partial charge in [0.2, 0.25) is 0 Å². The molecule has 0 spiro atoms. The van der Waals surface area contributed by atoms with Crippen LogP contribution in [0.3, 0.4) is 0 Å². The maximum absolute atomic E-state index is 11.8. The number of carbonyl (C=O) groups is 1. The number of anilines is 1. The number of hydrogen-bond donors (Lipinski definition) is 1. The van der Waals surface area contributed by atoms with E-state index in [1.54, 1.807) is 6.33 Å². The molecule has 1 fully saturated rings. The lowest BCUT2D eigenvalue weighted by Gasteiger charge is -2.38. The van der Waals surface area contributed by atoms with E-state index in [1.807, 2.05) is 41.6 Å². The summed E-state index contributed by atoms with van der Waals surface area (Å²) in [6.07, 6.45) is 1.68. The van der Waals surface area contributed by atoms with Gasteiger partial charge in [-0.25, -0.2) is 4.98 Å². The van der Waals surface area contributed by atoms with Gasteiger partial charge >= 0.3 is 5.97 Å². The summed E-state index contributed by atoms with van der Waals surface area (Å²) >= 11 is 0. The van der Waals surface area contributed by atoms with Crippen molar-refractivity contribution in [1.82, 2.24) is 14.5 Å². The monoisotopic (exact) mass is 314 g/mol. The number of benzene rings is 1. The zero-order chi connectivity index (χ0) is 16.4. The molecule has 1 N–H and O–H groups in total. The average Bonchev–Trinajstić information content (AvgIpc) is 2.89. The topological polar surface area (TPSA) is 61.6 Å². The van der Waals surface area contributed by atoms with Crippen molar-refractivity contribution in [3.63, 3.8) is 0 Å². The maximum atomic E-state index is 11.8. The van der Waals surface area contributed by atoms with Gasteiger partial charge in [-0.05, 0) is 19.1 Å². The predicted octanol–water partition coefficient (Wildman–Crippen LogP) is 1.68. The number of carboxylic acids is 1. The van der Waals surface area contributed by atoms with Gasteiger partial charge in [-0.15, -0.1) is 0 Å². The molecule has 0 aliphatic carbocycles. The largest absolute Gasteiger partial charge is 0.480 e. The highest BCUT2D eigenvalue weighted by atomic mass is 16.4. The van der Waals surface area contributed by atoms with Crippen molar-refractivity contribution in [1.29, 1.82) is 0 Å². The van der Waals surface area contributed by atoms with Crippen molar-refractivity contribution in [3.05, 3.63) is 48.0 Å². The van der Waals surface area contributed by atoms with Crippen LogP contribution < -0.4 is 4.90 Å². The fourth-order valence-corrected chi connectivity index (χ4v) is 3.10. The number of rotatable bonds is 4. The zero-order valence-electron chi connectivity index (χ0n) is 13.5. The third-order valence-electron chi connectivity index (χ3n) is 4.56. The number of hydrogen-bond acceptors (Lipinski definition) is 4. The van der Waals surface area contributed by atoms with Crippen LogP contribution in [0.25, 0.3) is 0 Å². The zero-order valence-corrected chi connectivity index (χ0v) is 13.5. The molecule has 0 bridgehead atoms. The van der Waals surface area contributed by atoms with E-state index in [-0.39, 0.29) is 0 Å². The predicted molar refractivity (Wildman–Crippen MR) is 88.5 cm³/mol. The Balaban J connectivity index is 1.74. The van der Waals surface area contributed by atoms with Crippen LogP contribution in [0.15, 0.2) is 36.7 Å². The van der Waals surface area contributed by atoms with Crippen LogP contribution in [-0.2, 0) is 11.8 Å². The number of imidazole rings is 1. The van der Waals surface area contributed by atoms with Gasteiger partial charge in [0, 0.05) is 44.6 Å². The number of carboxylic acid groups (broad SMARTS) is 1. The molecule has 0 saturated carbocycles. The molecule has 23 heavy (non-hydrogen) atoms. The Labute approximate surface area is 136 Å². The molecule has 0 amide bonds. The second kappa shape index (κ2) is 6.42. The van der Waals surface area contributed by atoms with Crippen molar-refractivity contribution >= 4 is 11.7 Å². The van der Waals surface area contributed by atoms with Crippen molar-refractivity contribution in [2.75, 3.05) is 31.1 Å². The van der Waals surface area contributed by atoms with Gasteiger partial charge in [-0.2, -0.15) is 0 Å². The molecule has 1 aromatic carbocycles. The second-order valence-corrected chi connectivity index (χ2v) is 5.93. The second-order valence-electron chi connectivity index (χ2n) is 5.93. The third-order valence-corrected chi connectivity index (χ3v) is 4.56. The molecule has 1 aliphatic rings. The Bertz CT molecular complexity index is 675. The van der Waals surface area contributed by atoms with Crippen molar-refractivity contribution in [2.45, 2.75) is 13.0 Å². The maximum Gasteiger partial charge on any atom is 0.327 e. The Morgan fingerprint density at radius 1 is 1.17 bits per heavy atom. The van der Waals surface area contributed by atoms with Gasteiger partial charge in [0.1, 0.15) is 0 Å². The number of piperazine rings is 1. The summed E-state index contributed by atoms with van der Waals surface area (Å²) in [4.78, 5) is 20.4. The highest BCUT2D eigenvalue weighted by molar-refractivity contribution is 5.75. The van der Waals surface area contributed by atoms with Gasteiger partial charge in [0.15, 0.2) is 6.04 Å². The molecule has 6 nitrogen and oxygen atoms in total. The van der Waals surface area contributed by atoms with E-state index in [9.17, 15) is 9.90 Å². The number of aromatic nitrogens is 2. The standard InChI is InChI=1S/C17H22N4O2/c1-13-15(18-12-19(13)2)16(17(22)23)21-10-8-20(9-11-21)14-6-4-3-5-7-14/h3-7,12,16H,8-11H2,1-2H3,(H,22,23). The SMILES string of the molecule is Cc1c(C(C(=O)O)N2CCN(c3ccccc3)CC2)ncn1C. The third kappa shape index (κ3) is 3.07. The van der Waals surface area contributed by atoms with Gasteiger partial charge < -0.3 is 14.6 Å². The lowest BCUT2D eigenvalue weighted by atomic mass is 10.1. The fraction of sp³-hybridized carbons (Fsp3) is 0.412. The van der Waals surface area contributed by atoms with Crippen LogP contribution in [0.5, 0.6) is 0 Å². The van der Waals surface area contributed by atoms with Crippen LogP contribution in [0.1, 0.15) is 17.4 Å². The van der Waals surface area contributed by atoms with E-state index in [0.717, 1.165) is 18.8 Å². The highest BCUT2D eigenvalue weighted by Crippen LogP contribution is 2.25. The highest BCUT2D eigenvalue weighted by Gasteiger charge is 2.33. The smallest absolute Gasteiger partial charge is 0.327 e. The summed E-state index contributed by atoms with van der Waals surface area (Å²) in [5, 5.41) is 9.69. The summed E-state index contributed by atoms with van der Waals surface area (Å²) in [7, 11) is 1.89. The van der Waals surface area contributed by atoms with Gasteiger partial charge in [-0.3, -0.25) is 9.69 Å². The van der Waals surface area contributed by atoms with Gasteiger partial charge in [-0.1, -0.05) is 18.2 Å². The van der Waals surface area contributed by atoms with Crippen LogP contribution in [-0.4, -0.2) is 51.7 Å². The molecule has 1 aliphatic heterocycles. The Kier molecular flexibility index (Phi) is 4.34. The van der Waals surface area contributed by atoms with Crippen molar-refractivity contribution < 1.29 is 9.90 Å². The number of nitrogens with zero attached hydrogens (tertiary/aromatic N) is 4. The number of aryl methyl sites for hydroxylation is 1. The molecule has 0 radical (unpaired) electrons. The molecule has 1 unspecified atom stereocenters. The minimum atomic E-state index is -0.833. The van der Waals surface area contributed by atoms with Gasteiger partial charge in [0.25, 0.3) is 0 Å². The Morgan fingerprint density at radius 3 is 2.35 bits per heavy atom. The summed E-state index contributed by atoms with van der Waals surface area (Å²) < 4.78 is 1.87. The first-order valence-corrected chi connectivity index (χ1v) is 7.82. The number of aliphatic carboxylic acids is 1. The van der Waals surface area contributed by atoms with E-state index in [2.05, 4.69) is 22.0 Å². The van der Waals surface area contributed by atoms with E-state index in [0.29, 0.717) is 18.8 Å². The molecule has 1 aromatic heterocycles. The summed E-state index contributed by atoms with van der Waals surface area (Å²) in [5.74, 6) is -0.833. The summed E-state index contributed by atoms with van der Waals surface area (Å²) in [6.45, 7) is 4.97.